The van der Waals surface area contributed by atoms with Gasteiger partial charge < -0.3 is 4.74 Å². The number of halogens is 1. The van der Waals surface area contributed by atoms with E-state index < -0.39 is 5.91 Å². The number of nitrogens with zero attached hydrogens (tertiary/aromatic N) is 4. The van der Waals surface area contributed by atoms with Gasteiger partial charge in [0.25, 0.3) is 11.9 Å². The van der Waals surface area contributed by atoms with Gasteiger partial charge in [0, 0.05) is 4.47 Å². The third-order valence-corrected chi connectivity index (χ3v) is 3.78. The number of benzene rings is 1. The molecule has 25 heavy (non-hydrogen) atoms. The fourth-order valence-electron chi connectivity index (χ4n) is 2.17. The third kappa shape index (κ3) is 5.20. The van der Waals surface area contributed by atoms with E-state index in [9.17, 15) is 4.79 Å². The number of nitrogens with one attached hydrogen (secondary N) is 2. The molecule has 0 aliphatic rings. The first-order valence-electron chi connectivity index (χ1n) is 7.54. The molecule has 0 fully saturated rings. The summed E-state index contributed by atoms with van der Waals surface area (Å²) in [6, 6.07) is 3.53. The molecule has 2 N–H and O–H groups in total. The fraction of sp³-hybridized carbons (Fsp3) is 0.400. The van der Waals surface area contributed by atoms with Crippen LogP contribution in [-0.2, 0) is 6.54 Å². The first kappa shape index (κ1) is 19.3. The Morgan fingerprint density at radius 2 is 2.16 bits per heavy atom. The van der Waals surface area contributed by atoms with Crippen LogP contribution in [0, 0.1) is 12.8 Å². The molecule has 0 atom stereocenters. The first-order chi connectivity index (χ1) is 11.8. The van der Waals surface area contributed by atoms with Gasteiger partial charge >= 0.3 is 0 Å². The van der Waals surface area contributed by atoms with Gasteiger partial charge in [0.2, 0.25) is 0 Å². The van der Waals surface area contributed by atoms with Crippen molar-refractivity contribution < 1.29 is 9.53 Å². The Bertz CT molecular complexity index is 792. The van der Waals surface area contributed by atoms with Crippen molar-refractivity contribution in [1.82, 2.24) is 25.5 Å². The molecule has 0 aliphatic heterocycles. The number of rotatable bonds is 5. The lowest BCUT2D eigenvalue weighted by atomic mass is 10.1. The van der Waals surface area contributed by atoms with Crippen molar-refractivity contribution in [2.24, 2.45) is 5.92 Å². The van der Waals surface area contributed by atoms with Crippen LogP contribution in [-0.4, -0.2) is 38.3 Å². The van der Waals surface area contributed by atoms with E-state index >= 15 is 0 Å². The maximum atomic E-state index is 12.5. The largest absolute Gasteiger partial charge is 0.496 e. The highest BCUT2D eigenvalue weighted by atomic mass is 79.9. The zero-order valence-electron chi connectivity index (χ0n) is 14.3. The van der Waals surface area contributed by atoms with Crippen LogP contribution in [0.2, 0.25) is 0 Å². The van der Waals surface area contributed by atoms with Crippen molar-refractivity contribution in [2.75, 3.05) is 12.4 Å². The van der Waals surface area contributed by atoms with Gasteiger partial charge in [-0.25, -0.2) is 0 Å². The Morgan fingerprint density at radius 3 is 2.80 bits per heavy atom. The van der Waals surface area contributed by atoms with Gasteiger partial charge in [-0.15, -0.1) is 5.10 Å². The molecule has 0 spiro atoms. The zero-order valence-corrected chi connectivity index (χ0v) is 16.7. The smallest absolute Gasteiger partial charge is 0.269 e. The Kier molecular flexibility index (Phi) is 6.43. The van der Waals surface area contributed by atoms with E-state index in [1.807, 2.05) is 13.0 Å². The summed E-state index contributed by atoms with van der Waals surface area (Å²) in [7, 11) is 1.51. The highest BCUT2D eigenvalue weighted by Gasteiger charge is 2.17. The molecule has 8 nitrogen and oxygen atoms in total. The molecular formula is C15H19BrN6O2S. The van der Waals surface area contributed by atoms with Crippen molar-refractivity contribution in [3.05, 3.63) is 27.7 Å². The van der Waals surface area contributed by atoms with E-state index in [2.05, 4.69) is 55.8 Å². The number of tetrazole rings is 1. The van der Waals surface area contributed by atoms with Gasteiger partial charge in [0.1, 0.15) is 5.75 Å². The van der Waals surface area contributed by atoms with Crippen molar-refractivity contribution in [1.29, 1.82) is 0 Å². The minimum absolute atomic E-state index is 0.0776. The molecule has 0 aliphatic carbocycles. The van der Waals surface area contributed by atoms with Crippen LogP contribution in [0.25, 0.3) is 0 Å². The van der Waals surface area contributed by atoms with Gasteiger partial charge in [-0.05, 0) is 48.0 Å². The number of carbonyl (C=O) groups is 1. The standard InChI is InChI=1S/C15H19BrN6O2S/c1-8(2)7-22-20-14(19-21-22)18-15(25)17-13(23)11-6-10(16)5-9(3)12(11)24-4/h5-6,8H,7H2,1-4H3,(H2,17,18,20,23,25). The summed E-state index contributed by atoms with van der Waals surface area (Å²) < 4.78 is 6.08. The average Bonchev–Trinajstić information content (AvgIpc) is 2.92. The Morgan fingerprint density at radius 1 is 1.44 bits per heavy atom. The van der Waals surface area contributed by atoms with Crippen LogP contribution < -0.4 is 15.4 Å². The van der Waals surface area contributed by atoms with Crippen LogP contribution >= 0.6 is 28.1 Å². The van der Waals surface area contributed by atoms with E-state index in [0.29, 0.717) is 23.8 Å². The van der Waals surface area contributed by atoms with E-state index in [1.54, 1.807) is 6.07 Å². The highest BCUT2D eigenvalue weighted by molar-refractivity contribution is 9.10. The van der Waals surface area contributed by atoms with Crippen molar-refractivity contribution in [3.63, 3.8) is 0 Å². The van der Waals surface area contributed by atoms with Gasteiger partial charge in [0.15, 0.2) is 5.11 Å². The lowest BCUT2D eigenvalue weighted by Gasteiger charge is -2.12. The SMILES string of the molecule is COc1c(C)cc(Br)cc1C(=O)NC(=S)Nc1nnn(CC(C)C)n1. The Hall–Kier alpha value is -2.07. The number of carbonyl (C=O) groups excluding carboxylic acids is 1. The Labute approximate surface area is 159 Å². The topological polar surface area (TPSA) is 94.0 Å². The summed E-state index contributed by atoms with van der Waals surface area (Å²) >= 11 is 8.51. The molecule has 0 saturated heterocycles. The molecule has 0 saturated carbocycles. The molecule has 2 rings (SSSR count). The number of hydrogen-bond donors (Lipinski definition) is 2. The predicted molar refractivity (Wildman–Crippen MR) is 102 cm³/mol. The van der Waals surface area contributed by atoms with E-state index in [4.69, 9.17) is 17.0 Å². The summed E-state index contributed by atoms with van der Waals surface area (Å²) in [5, 5.41) is 17.3. The van der Waals surface area contributed by atoms with Crippen LogP contribution in [0.4, 0.5) is 5.95 Å². The number of aryl methyl sites for hydroxylation is 1. The lowest BCUT2D eigenvalue weighted by Crippen LogP contribution is -2.34. The number of amides is 1. The average molecular weight is 427 g/mol. The molecule has 1 amide bonds. The van der Waals surface area contributed by atoms with Crippen LogP contribution in [0.3, 0.4) is 0 Å². The summed E-state index contributed by atoms with van der Waals surface area (Å²) in [5.74, 6) is 0.710. The minimum atomic E-state index is -0.395. The van der Waals surface area contributed by atoms with Crippen LogP contribution in [0.1, 0.15) is 29.8 Å². The van der Waals surface area contributed by atoms with E-state index in [0.717, 1.165) is 10.0 Å². The molecule has 2 aromatic rings. The second-order valence-corrected chi connectivity index (χ2v) is 7.10. The van der Waals surface area contributed by atoms with Crippen molar-refractivity contribution in [3.8, 4) is 5.75 Å². The molecular weight excluding hydrogens is 408 g/mol. The molecule has 134 valence electrons. The zero-order chi connectivity index (χ0) is 18.6. The minimum Gasteiger partial charge on any atom is -0.496 e. The highest BCUT2D eigenvalue weighted by Crippen LogP contribution is 2.27. The first-order valence-corrected chi connectivity index (χ1v) is 8.74. The summed E-state index contributed by atoms with van der Waals surface area (Å²) in [6.45, 7) is 6.60. The molecule has 1 heterocycles. The second-order valence-electron chi connectivity index (χ2n) is 5.77. The van der Waals surface area contributed by atoms with Crippen LogP contribution in [0.5, 0.6) is 5.75 Å². The predicted octanol–water partition coefficient (Wildman–Crippen LogP) is 2.54. The molecule has 0 bridgehead atoms. The number of ether oxygens (including phenoxy) is 1. The third-order valence-electron chi connectivity index (χ3n) is 3.12. The van der Waals surface area contributed by atoms with Gasteiger partial charge in [-0.1, -0.05) is 34.9 Å². The van der Waals surface area contributed by atoms with E-state index in [1.165, 1.54) is 11.9 Å². The van der Waals surface area contributed by atoms with Crippen LogP contribution in [0.15, 0.2) is 16.6 Å². The van der Waals surface area contributed by atoms with Gasteiger partial charge in [-0.2, -0.15) is 4.80 Å². The number of aromatic nitrogens is 4. The maximum Gasteiger partial charge on any atom is 0.269 e. The fourth-order valence-corrected chi connectivity index (χ4v) is 2.93. The van der Waals surface area contributed by atoms with Crippen molar-refractivity contribution >= 4 is 45.1 Å². The Balaban J connectivity index is 2.06. The maximum absolute atomic E-state index is 12.5. The number of thiocarbonyl (C=S) groups is 1. The second kappa shape index (κ2) is 8.34. The van der Waals surface area contributed by atoms with Crippen molar-refractivity contribution in [2.45, 2.75) is 27.3 Å². The molecule has 0 radical (unpaired) electrons. The molecule has 0 unspecified atom stereocenters. The number of hydrogen-bond acceptors (Lipinski definition) is 6. The lowest BCUT2D eigenvalue weighted by molar-refractivity contribution is 0.0974. The normalized spacial score (nSPS) is 10.6. The van der Waals surface area contributed by atoms with Gasteiger partial charge in [-0.3, -0.25) is 15.4 Å². The molecule has 1 aromatic heterocycles. The summed E-state index contributed by atoms with van der Waals surface area (Å²) in [4.78, 5) is 13.9. The summed E-state index contributed by atoms with van der Waals surface area (Å²) in [6.07, 6.45) is 0. The van der Waals surface area contributed by atoms with E-state index in [-0.39, 0.29) is 11.1 Å². The molecule has 10 heteroatoms. The number of methoxy groups -OCH3 is 1. The molecule has 1 aromatic carbocycles. The summed E-state index contributed by atoms with van der Waals surface area (Å²) in [5.41, 5.74) is 1.20. The quantitative estimate of drug-likeness (QED) is 0.709. The number of anilines is 1. The monoisotopic (exact) mass is 426 g/mol. The van der Waals surface area contributed by atoms with Gasteiger partial charge in [0.05, 0.1) is 19.2 Å².